The number of hydrogen-bond acceptors (Lipinski definition) is 2. The third kappa shape index (κ3) is 2.29. The SMILES string of the molecule is CSc1ccc(Cn2cccc2C#N)cc1. The Bertz CT molecular complexity index is 505. The van der Waals surface area contributed by atoms with Gasteiger partial charge in [0.1, 0.15) is 11.8 Å². The first-order valence-corrected chi connectivity index (χ1v) is 6.24. The first-order valence-electron chi connectivity index (χ1n) is 5.01. The number of hydrogen-bond donors (Lipinski definition) is 0. The molecule has 0 radical (unpaired) electrons. The summed E-state index contributed by atoms with van der Waals surface area (Å²) in [5, 5.41) is 8.89. The minimum Gasteiger partial charge on any atom is -0.335 e. The predicted molar refractivity (Wildman–Crippen MR) is 66.5 cm³/mol. The van der Waals surface area contributed by atoms with Crippen LogP contribution in [0.15, 0.2) is 47.5 Å². The van der Waals surface area contributed by atoms with Crippen LogP contribution in [-0.2, 0) is 6.54 Å². The fourth-order valence-corrected chi connectivity index (χ4v) is 1.99. The summed E-state index contributed by atoms with van der Waals surface area (Å²) in [4.78, 5) is 1.26. The summed E-state index contributed by atoms with van der Waals surface area (Å²) in [6.07, 6.45) is 4.00. The molecule has 0 aliphatic heterocycles. The van der Waals surface area contributed by atoms with Gasteiger partial charge in [-0.05, 0) is 36.1 Å². The molecule has 1 heterocycles. The van der Waals surface area contributed by atoms with Gasteiger partial charge in [-0.3, -0.25) is 0 Å². The van der Waals surface area contributed by atoms with Crippen LogP contribution in [0.25, 0.3) is 0 Å². The maximum absolute atomic E-state index is 8.89. The van der Waals surface area contributed by atoms with E-state index in [-0.39, 0.29) is 0 Å². The molecular weight excluding hydrogens is 216 g/mol. The van der Waals surface area contributed by atoms with E-state index in [2.05, 4.69) is 36.6 Å². The molecule has 0 spiro atoms. The largest absolute Gasteiger partial charge is 0.335 e. The number of nitrogens with zero attached hydrogens (tertiary/aromatic N) is 2. The molecule has 0 saturated heterocycles. The standard InChI is InChI=1S/C13H12N2S/c1-16-13-6-4-11(5-7-13)10-15-8-2-3-12(15)9-14/h2-8H,10H2,1H3. The van der Waals surface area contributed by atoms with E-state index >= 15 is 0 Å². The maximum Gasteiger partial charge on any atom is 0.120 e. The first-order chi connectivity index (χ1) is 7.83. The van der Waals surface area contributed by atoms with E-state index in [1.165, 1.54) is 10.5 Å². The summed E-state index contributed by atoms with van der Waals surface area (Å²) in [6, 6.07) is 14.3. The van der Waals surface area contributed by atoms with Crippen molar-refractivity contribution in [2.75, 3.05) is 6.26 Å². The van der Waals surface area contributed by atoms with Crippen LogP contribution < -0.4 is 0 Å². The summed E-state index contributed by atoms with van der Waals surface area (Å²) < 4.78 is 1.95. The van der Waals surface area contributed by atoms with E-state index in [4.69, 9.17) is 5.26 Å². The van der Waals surface area contributed by atoms with E-state index in [0.717, 1.165) is 6.54 Å². The number of thioether (sulfide) groups is 1. The topological polar surface area (TPSA) is 28.7 Å². The average Bonchev–Trinajstić information content (AvgIpc) is 2.77. The van der Waals surface area contributed by atoms with E-state index in [1.807, 2.05) is 22.9 Å². The number of rotatable bonds is 3. The average molecular weight is 228 g/mol. The molecule has 2 nitrogen and oxygen atoms in total. The van der Waals surface area contributed by atoms with Crippen molar-refractivity contribution in [2.45, 2.75) is 11.4 Å². The molecule has 16 heavy (non-hydrogen) atoms. The summed E-state index contributed by atoms with van der Waals surface area (Å²) in [5.41, 5.74) is 1.92. The van der Waals surface area contributed by atoms with Crippen LogP contribution in [0.2, 0.25) is 0 Å². The number of aromatic nitrogens is 1. The van der Waals surface area contributed by atoms with Crippen molar-refractivity contribution in [2.24, 2.45) is 0 Å². The van der Waals surface area contributed by atoms with Gasteiger partial charge in [0.15, 0.2) is 0 Å². The first kappa shape index (κ1) is 10.8. The second-order valence-corrected chi connectivity index (χ2v) is 4.36. The molecule has 0 aliphatic carbocycles. The van der Waals surface area contributed by atoms with Crippen molar-refractivity contribution in [1.29, 1.82) is 5.26 Å². The Hall–Kier alpha value is -1.66. The van der Waals surface area contributed by atoms with Gasteiger partial charge in [0.05, 0.1) is 0 Å². The lowest BCUT2D eigenvalue weighted by Gasteiger charge is -2.05. The van der Waals surface area contributed by atoms with E-state index in [0.29, 0.717) is 5.69 Å². The lowest BCUT2D eigenvalue weighted by atomic mass is 10.2. The van der Waals surface area contributed by atoms with Crippen LogP contribution in [0.5, 0.6) is 0 Å². The summed E-state index contributed by atoms with van der Waals surface area (Å²) in [6.45, 7) is 0.755. The minimum absolute atomic E-state index is 0.703. The van der Waals surface area contributed by atoms with Crippen molar-refractivity contribution in [3.05, 3.63) is 53.9 Å². The Labute approximate surface area is 99.5 Å². The van der Waals surface area contributed by atoms with Crippen LogP contribution in [0.1, 0.15) is 11.3 Å². The van der Waals surface area contributed by atoms with Crippen molar-refractivity contribution >= 4 is 11.8 Å². The normalized spacial score (nSPS) is 10.0. The molecule has 0 aliphatic rings. The van der Waals surface area contributed by atoms with Crippen molar-refractivity contribution in [3.63, 3.8) is 0 Å². The van der Waals surface area contributed by atoms with Crippen LogP contribution in [0, 0.1) is 11.3 Å². The van der Waals surface area contributed by atoms with E-state index < -0.39 is 0 Å². The Kier molecular flexibility index (Phi) is 3.33. The molecular formula is C13H12N2S. The van der Waals surface area contributed by atoms with E-state index in [9.17, 15) is 0 Å². The molecule has 2 rings (SSSR count). The summed E-state index contributed by atoms with van der Waals surface area (Å²) in [7, 11) is 0. The quantitative estimate of drug-likeness (QED) is 0.755. The molecule has 0 unspecified atom stereocenters. The molecule has 0 atom stereocenters. The molecule has 0 fully saturated rings. The zero-order chi connectivity index (χ0) is 11.4. The van der Waals surface area contributed by atoms with E-state index in [1.54, 1.807) is 11.8 Å². The highest BCUT2D eigenvalue weighted by molar-refractivity contribution is 7.98. The third-order valence-electron chi connectivity index (χ3n) is 2.46. The zero-order valence-electron chi connectivity index (χ0n) is 9.05. The monoisotopic (exact) mass is 228 g/mol. The second kappa shape index (κ2) is 4.91. The molecule has 0 bridgehead atoms. The van der Waals surface area contributed by atoms with Gasteiger partial charge in [-0.2, -0.15) is 5.26 Å². The summed E-state index contributed by atoms with van der Waals surface area (Å²) >= 11 is 1.73. The van der Waals surface area contributed by atoms with Gasteiger partial charge in [0, 0.05) is 17.6 Å². The van der Waals surface area contributed by atoms with Gasteiger partial charge in [-0.15, -0.1) is 11.8 Å². The molecule has 0 N–H and O–H groups in total. The fraction of sp³-hybridized carbons (Fsp3) is 0.154. The van der Waals surface area contributed by atoms with Crippen LogP contribution in [0.3, 0.4) is 0 Å². The molecule has 0 amide bonds. The molecule has 2 aromatic rings. The van der Waals surface area contributed by atoms with Gasteiger partial charge in [-0.25, -0.2) is 0 Å². The lowest BCUT2D eigenvalue weighted by Crippen LogP contribution is -2.00. The fourth-order valence-electron chi connectivity index (χ4n) is 1.58. The van der Waals surface area contributed by atoms with Gasteiger partial charge in [0.2, 0.25) is 0 Å². The lowest BCUT2D eigenvalue weighted by molar-refractivity contribution is 0.793. The Morgan fingerprint density at radius 1 is 1.25 bits per heavy atom. The van der Waals surface area contributed by atoms with Crippen molar-refractivity contribution in [1.82, 2.24) is 4.57 Å². The smallest absolute Gasteiger partial charge is 0.120 e. The molecule has 1 aromatic carbocycles. The number of benzene rings is 1. The van der Waals surface area contributed by atoms with Gasteiger partial charge in [-0.1, -0.05) is 12.1 Å². The minimum atomic E-state index is 0.703. The third-order valence-corrected chi connectivity index (χ3v) is 3.20. The summed E-state index contributed by atoms with van der Waals surface area (Å²) in [5.74, 6) is 0. The Morgan fingerprint density at radius 2 is 2.00 bits per heavy atom. The molecule has 1 aromatic heterocycles. The van der Waals surface area contributed by atoms with Gasteiger partial charge < -0.3 is 4.57 Å². The van der Waals surface area contributed by atoms with Crippen molar-refractivity contribution in [3.8, 4) is 6.07 Å². The Morgan fingerprint density at radius 3 is 2.62 bits per heavy atom. The highest BCUT2D eigenvalue weighted by atomic mass is 32.2. The highest BCUT2D eigenvalue weighted by Gasteiger charge is 2.00. The molecule has 0 saturated carbocycles. The Balaban J connectivity index is 2.18. The van der Waals surface area contributed by atoms with Gasteiger partial charge in [0.25, 0.3) is 0 Å². The van der Waals surface area contributed by atoms with Gasteiger partial charge >= 0.3 is 0 Å². The zero-order valence-corrected chi connectivity index (χ0v) is 9.87. The van der Waals surface area contributed by atoms with Crippen LogP contribution >= 0.6 is 11.8 Å². The van der Waals surface area contributed by atoms with Crippen LogP contribution in [-0.4, -0.2) is 10.8 Å². The molecule has 3 heteroatoms. The van der Waals surface area contributed by atoms with Crippen LogP contribution in [0.4, 0.5) is 0 Å². The highest BCUT2D eigenvalue weighted by Crippen LogP contribution is 2.16. The van der Waals surface area contributed by atoms with Crippen molar-refractivity contribution < 1.29 is 0 Å². The second-order valence-electron chi connectivity index (χ2n) is 3.48. The maximum atomic E-state index is 8.89. The number of nitriles is 1. The predicted octanol–water partition coefficient (Wildman–Crippen LogP) is 3.13. The molecule has 80 valence electrons.